The fraction of sp³-hybridized carbons (Fsp3) is 0.611. The highest BCUT2D eigenvalue weighted by molar-refractivity contribution is 14.0. The second-order valence-corrected chi connectivity index (χ2v) is 6.50. The van der Waals surface area contributed by atoms with E-state index in [0.29, 0.717) is 12.6 Å². The van der Waals surface area contributed by atoms with Crippen LogP contribution in [0.25, 0.3) is 0 Å². The van der Waals surface area contributed by atoms with Gasteiger partial charge in [0.25, 0.3) is 0 Å². The van der Waals surface area contributed by atoms with Crippen LogP contribution >= 0.6 is 24.0 Å². The number of likely N-dealkylation sites (N-methyl/N-ethyl adjacent to an activating group) is 1. The zero-order valence-corrected chi connectivity index (χ0v) is 17.6. The molecule has 0 radical (unpaired) electrons. The van der Waals surface area contributed by atoms with Gasteiger partial charge in [0.1, 0.15) is 12.4 Å². The average molecular weight is 459 g/mol. The molecule has 0 saturated carbocycles. The van der Waals surface area contributed by atoms with Gasteiger partial charge in [-0.3, -0.25) is 14.8 Å². The quantitative estimate of drug-likeness (QED) is 0.394. The van der Waals surface area contributed by atoms with Crippen LogP contribution in [-0.2, 0) is 0 Å². The van der Waals surface area contributed by atoms with Crippen LogP contribution < -0.4 is 10.1 Å². The third-order valence-electron chi connectivity index (χ3n) is 4.90. The van der Waals surface area contributed by atoms with Crippen molar-refractivity contribution in [1.29, 1.82) is 0 Å². The number of nitrogens with zero attached hydrogens (tertiary/aromatic N) is 4. The number of aliphatic imine (C=N–C) groups is 1. The number of ether oxygens (including phenoxy) is 1. The van der Waals surface area contributed by atoms with Crippen molar-refractivity contribution in [2.75, 3.05) is 66.5 Å². The Kier molecular flexibility index (Phi) is 8.25. The van der Waals surface area contributed by atoms with Gasteiger partial charge < -0.3 is 15.0 Å². The Morgan fingerprint density at radius 1 is 1.24 bits per heavy atom. The van der Waals surface area contributed by atoms with Crippen LogP contribution in [0.3, 0.4) is 0 Å². The van der Waals surface area contributed by atoms with E-state index >= 15 is 0 Å². The molecule has 1 aromatic carbocycles. The molecule has 3 aliphatic heterocycles. The summed E-state index contributed by atoms with van der Waals surface area (Å²) in [4.78, 5) is 11.7. The average Bonchev–Trinajstić information content (AvgIpc) is 2.64. The highest BCUT2D eigenvalue weighted by atomic mass is 127. The number of para-hydroxylation sites is 1. The fourth-order valence-corrected chi connectivity index (χ4v) is 3.44. The van der Waals surface area contributed by atoms with E-state index < -0.39 is 0 Å². The minimum Gasteiger partial charge on any atom is -0.492 e. The van der Waals surface area contributed by atoms with Crippen LogP contribution in [0.2, 0.25) is 0 Å². The maximum Gasteiger partial charge on any atom is 0.193 e. The molecule has 3 aliphatic rings. The van der Waals surface area contributed by atoms with Crippen molar-refractivity contribution in [3.63, 3.8) is 0 Å². The van der Waals surface area contributed by atoms with Gasteiger partial charge in [0.15, 0.2) is 5.96 Å². The largest absolute Gasteiger partial charge is 0.492 e. The topological polar surface area (TPSA) is 43.3 Å². The van der Waals surface area contributed by atoms with Crippen LogP contribution in [0.4, 0.5) is 0 Å². The Labute approximate surface area is 168 Å². The first-order chi connectivity index (χ1) is 11.8. The van der Waals surface area contributed by atoms with Crippen molar-refractivity contribution in [3.8, 4) is 5.75 Å². The normalized spacial score (nSPS) is 25.2. The van der Waals surface area contributed by atoms with E-state index in [9.17, 15) is 0 Å². The van der Waals surface area contributed by atoms with Gasteiger partial charge >= 0.3 is 0 Å². The molecule has 1 aromatic rings. The maximum atomic E-state index is 5.77. The van der Waals surface area contributed by atoms with Gasteiger partial charge in [0.2, 0.25) is 0 Å². The lowest BCUT2D eigenvalue weighted by atomic mass is 10.1. The second kappa shape index (κ2) is 10.2. The van der Waals surface area contributed by atoms with Crippen LogP contribution in [0, 0.1) is 0 Å². The number of nitrogens with one attached hydrogen (secondary N) is 1. The van der Waals surface area contributed by atoms with Crippen LogP contribution in [0.15, 0.2) is 35.3 Å². The minimum absolute atomic E-state index is 0. The molecule has 4 rings (SSSR count). The van der Waals surface area contributed by atoms with Gasteiger partial charge in [-0.1, -0.05) is 18.2 Å². The van der Waals surface area contributed by atoms with E-state index in [1.807, 2.05) is 37.4 Å². The molecule has 1 unspecified atom stereocenters. The fourth-order valence-electron chi connectivity index (χ4n) is 3.44. The minimum atomic E-state index is 0. The summed E-state index contributed by atoms with van der Waals surface area (Å²) in [6, 6.07) is 10.5. The molecule has 0 amide bonds. The summed E-state index contributed by atoms with van der Waals surface area (Å²) in [7, 11) is 3.90. The number of benzene rings is 1. The molecule has 0 aliphatic carbocycles. The number of guanidine groups is 1. The molecule has 3 fully saturated rings. The van der Waals surface area contributed by atoms with Crippen molar-refractivity contribution < 1.29 is 4.74 Å². The highest BCUT2D eigenvalue weighted by Crippen LogP contribution is 2.14. The first-order valence-corrected chi connectivity index (χ1v) is 8.82. The number of rotatable bonds is 6. The van der Waals surface area contributed by atoms with Crippen molar-refractivity contribution in [1.82, 2.24) is 20.0 Å². The molecule has 6 nitrogen and oxygen atoms in total. The van der Waals surface area contributed by atoms with Gasteiger partial charge in [0, 0.05) is 59.4 Å². The molecule has 1 atom stereocenters. The maximum absolute atomic E-state index is 5.77. The van der Waals surface area contributed by atoms with Crippen molar-refractivity contribution in [2.24, 2.45) is 4.99 Å². The van der Waals surface area contributed by atoms with Crippen LogP contribution in [0.5, 0.6) is 5.75 Å². The molecule has 2 bridgehead atoms. The Bertz CT molecular complexity index is 534. The monoisotopic (exact) mass is 459 g/mol. The first kappa shape index (κ1) is 20.3. The zero-order chi connectivity index (χ0) is 16.8. The Balaban J connectivity index is 0.00000225. The molecule has 0 spiro atoms. The van der Waals surface area contributed by atoms with E-state index in [-0.39, 0.29) is 24.0 Å². The van der Waals surface area contributed by atoms with Gasteiger partial charge in [-0.25, -0.2) is 0 Å². The van der Waals surface area contributed by atoms with Crippen molar-refractivity contribution in [2.45, 2.75) is 6.04 Å². The van der Waals surface area contributed by atoms with E-state index in [4.69, 9.17) is 4.74 Å². The van der Waals surface area contributed by atoms with Crippen LogP contribution in [0.1, 0.15) is 0 Å². The Hall–Kier alpha value is -1.06. The summed E-state index contributed by atoms with van der Waals surface area (Å²) in [6.45, 7) is 8.42. The predicted molar refractivity (Wildman–Crippen MR) is 113 cm³/mol. The standard InChI is InChI=1S/C18H29N5O.HI/c1-19-18(20-14-16-15-22-8-10-23(16)11-9-22)21(2)12-13-24-17-6-4-3-5-7-17;/h3-7,16H,8-15H2,1-2H3,(H,19,20);1H. The smallest absolute Gasteiger partial charge is 0.193 e. The number of hydrogen-bond acceptors (Lipinski definition) is 4. The molecule has 140 valence electrons. The van der Waals surface area contributed by atoms with Crippen LogP contribution in [-0.4, -0.2) is 93.2 Å². The second-order valence-electron chi connectivity index (χ2n) is 6.50. The Morgan fingerprint density at radius 2 is 1.96 bits per heavy atom. The van der Waals surface area contributed by atoms with Gasteiger partial charge in [0.05, 0.1) is 6.54 Å². The number of piperazine rings is 3. The summed E-state index contributed by atoms with van der Waals surface area (Å²) in [5.41, 5.74) is 0. The van der Waals surface area contributed by atoms with Gasteiger partial charge in [-0.15, -0.1) is 24.0 Å². The lowest BCUT2D eigenvalue weighted by Gasteiger charge is -2.47. The molecular weight excluding hydrogens is 429 g/mol. The molecule has 7 heteroatoms. The number of fused-ring (bicyclic) bond motifs is 3. The lowest BCUT2D eigenvalue weighted by Crippen LogP contribution is -2.63. The summed E-state index contributed by atoms with van der Waals surface area (Å²) in [6.07, 6.45) is 0. The van der Waals surface area contributed by atoms with E-state index in [0.717, 1.165) is 24.8 Å². The molecule has 3 heterocycles. The summed E-state index contributed by atoms with van der Waals surface area (Å²) in [5, 5.41) is 3.52. The van der Waals surface area contributed by atoms with Crippen molar-refractivity contribution >= 4 is 29.9 Å². The molecule has 25 heavy (non-hydrogen) atoms. The summed E-state index contributed by atoms with van der Waals surface area (Å²) < 4.78 is 5.77. The van der Waals surface area contributed by atoms with Crippen molar-refractivity contribution in [3.05, 3.63) is 30.3 Å². The lowest BCUT2D eigenvalue weighted by molar-refractivity contribution is 0.0152. The summed E-state index contributed by atoms with van der Waals surface area (Å²) in [5.74, 6) is 1.85. The molecule has 3 saturated heterocycles. The van der Waals surface area contributed by atoms with Gasteiger partial charge in [-0.05, 0) is 12.1 Å². The Morgan fingerprint density at radius 3 is 2.56 bits per heavy atom. The highest BCUT2D eigenvalue weighted by Gasteiger charge is 2.31. The SMILES string of the molecule is CN=C(NCC1CN2CCN1CC2)N(C)CCOc1ccccc1.I. The van der Waals surface area contributed by atoms with E-state index in [2.05, 4.69) is 32.1 Å². The first-order valence-electron chi connectivity index (χ1n) is 8.82. The molecule has 1 N–H and O–H groups in total. The molecular formula is C18H30IN5O. The van der Waals surface area contributed by atoms with E-state index in [1.165, 1.54) is 32.7 Å². The third kappa shape index (κ3) is 5.72. The number of halogens is 1. The van der Waals surface area contributed by atoms with E-state index in [1.54, 1.807) is 0 Å². The predicted octanol–water partition coefficient (Wildman–Crippen LogP) is 1.19. The zero-order valence-electron chi connectivity index (χ0n) is 15.2. The number of hydrogen-bond donors (Lipinski definition) is 1. The van der Waals surface area contributed by atoms with Gasteiger partial charge in [-0.2, -0.15) is 0 Å². The molecule has 0 aromatic heterocycles. The third-order valence-corrected chi connectivity index (χ3v) is 4.90. The summed E-state index contributed by atoms with van der Waals surface area (Å²) >= 11 is 0.